The molecule has 0 spiro atoms. The van der Waals surface area contributed by atoms with Crippen molar-refractivity contribution in [2.75, 3.05) is 13.1 Å². The zero-order chi connectivity index (χ0) is 13.7. The maximum absolute atomic E-state index is 13.1. The summed E-state index contributed by atoms with van der Waals surface area (Å²) >= 11 is 0. The summed E-state index contributed by atoms with van der Waals surface area (Å²) in [5.41, 5.74) is 6.14. The zero-order valence-electron chi connectivity index (χ0n) is 10.7. The molecule has 18 heavy (non-hydrogen) atoms. The minimum atomic E-state index is -0.834. The van der Waals surface area contributed by atoms with Crippen LogP contribution in [-0.2, 0) is 6.54 Å². The van der Waals surface area contributed by atoms with Gasteiger partial charge >= 0.3 is 0 Å². The summed E-state index contributed by atoms with van der Waals surface area (Å²) in [6, 6.07) is 3.91. The van der Waals surface area contributed by atoms with Crippen molar-refractivity contribution in [1.82, 2.24) is 4.90 Å². The molecule has 3 N–H and O–H groups in total. The first-order chi connectivity index (χ1) is 8.43. The Kier molecular flexibility index (Phi) is 5.22. The van der Waals surface area contributed by atoms with E-state index >= 15 is 0 Å². The third-order valence-corrected chi connectivity index (χ3v) is 2.90. The van der Waals surface area contributed by atoms with E-state index < -0.39 is 11.6 Å². The fraction of sp³-hybridized carbons (Fsp3) is 0.462. The van der Waals surface area contributed by atoms with Crippen LogP contribution in [0.15, 0.2) is 18.2 Å². The average molecular weight is 255 g/mol. The summed E-state index contributed by atoms with van der Waals surface area (Å²) < 4.78 is 25.9. The van der Waals surface area contributed by atoms with E-state index in [-0.39, 0.29) is 11.8 Å². The molecule has 1 atom stereocenters. The topological polar surface area (TPSA) is 53.1 Å². The van der Waals surface area contributed by atoms with Crippen LogP contribution in [0, 0.1) is 23.0 Å². The van der Waals surface area contributed by atoms with Crippen LogP contribution in [0.3, 0.4) is 0 Å². The molecular formula is C13H19F2N3. The van der Waals surface area contributed by atoms with Gasteiger partial charge in [0.05, 0.1) is 5.84 Å². The summed E-state index contributed by atoms with van der Waals surface area (Å²) in [6.45, 7) is 5.76. The summed E-state index contributed by atoms with van der Waals surface area (Å²) in [7, 11) is 0. The van der Waals surface area contributed by atoms with Crippen LogP contribution < -0.4 is 5.73 Å². The van der Waals surface area contributed by atoms with Gasteiger partial charge < -0.3 is 5.73 Å². The van der Waals surface area contributed by atoms with Gasteiger partial charge in [-0.2, -0.15) is 0 Å². The number of hydrogen-bond donors (Lipinski definition) is 2. The predicted octanol–water partition coefficient (Wildman–Crippen LogP) is 2.36. The Bertz CT molecular complexity index is 421. The van der Waals surface area contributed by atoms with Gasteiger partial charge in [0, 0.05) is 19.0 Å². The van der Waals surface area contributed by atoms with E-state index in [0.29, 0.717) is 18.7 Å². The Morgan fingerprint density at radius 1 is 1.39 bits per heavy atom. The Labute approximate surface area is 106 Å². The maximum atomic E-state index is 13.1. The first-order valence-corrected chi connectivity index (χ1v) is 5.94. The molecule has 0 saturated carbocycles. The van der Waals surface area contributed by atoms with Crippen molar-refractivity contribution in [3.8, 4) is 0 Å². The number of amidine groups is 1. The molecule has 1 rings (SSSR count). The van der Waals surface area contributed by atoms with Crippen molar-refractivity contribution in [3.05, 3.63) is 35.4 Å². The van der Waals surface area contributed by atoms with E-state index in [4.69, 9.17) is 11.1 Å². The monoisotopic (exact) mass is 255 g/mol. The van der Waals surface area contributed by atoms with E-state index in [1.54, 1.807) is 6.07 Å². The molecule has 0 amide bonds. The fourth-order valence-electron chi connectivity index (χ4n) is 1.69. The normalized spacial score (nSPS) is 12.7. The number of nitrogens with one attached hydrogen (secondary N) is 1. The summed E-state index contributed by atoms with van der Waals surface area (Å²) in [5.74, 6) is -1.57. The van der Waals surface area contributed by atoms with Crippen LogP contribution in [0.25, 0.3) is 0 Å². The van der Waals surface area contributed by atoms with Gasteiger partial charge in [0.15, 0.2) is 11.6 Å². The molecule has 0 aliphatic heterocycles. The molecule has 3 nitrogen and oxygen atoms in total. The molecule has 100 valence electrons. The van der Waals surface area contributed by atoms with E-state index in [1.165, 1.54) is 6.07 Å². The van der Waals surface area contributed by atoms with E-state index in [2.05, 4.69) is 0 Å². The summed E-state index contributed by atoms with van der Waals surface area (Å²) in [4.78, 5) is 2.04. The lowest BCUT2D eigenvalue weighted by molar-refractivity contribution is 0.262. The predicted molar refractivity (Wildman–Crippen MR) is 68.4 cm³/mol. The Morgan fingerprint density at radius 3 is 2.56 bits per heavy atom. The van der Waals surface area contributed by atoms with Gasteiger partial charge in [0.25, 0.3) is 0 Å². The highest BCUT2D eigenvalue weighted by Crippen LogP contribution is 2.12. The van der Waals surface area contributed by atoms with Crippen LogP contribution in [0.4, 0.5) is 8.78 Å². The van der Waals surface area contributed by atoms with Crippen LogP contribution in [0.1, 0.15) is 19.4 Å². The first-order valence-electron chi connectivity index (χ1n) is 5.94. The lowest BCUT2D eigenvalue weighted by atomic mass is 10.1. The molecule has 0 aromatic heterocycles. The standard InChI is InChI=1S/C13H19F2N3/c1-3-18(7-9(2)13(16)17)8-10-4-5-11(14)12(15)6-10/h4-6,9H,3,7-8H2,1-2H3,(H3,16,17). The lowest BCUT2D eigenvalue weighted by Crippen LogP contribution is -2.34. The van der Waals surface area contributed by atoms with Crippen molar-refractivity contribution in [2.24, 2.45) is 11.7 Å². The van der Waals surface area contributed by atoms with Gasteiger partial charge in [-0.25, -0.2) is 8.78 Å². The molecule has 0 fully saturated rings. The SMILES string of the molecule is CCN(Cc1ccc(F)c(F)c1)CC(C)C(=N)N. The molecule has 1 unspecified atom stereocenters. The van der Waals surface area contributed by atoms with Crippen LogP contribution in [-0.4, -0.2) is 23.8 Å². The quantitative estimate of drug-likeness (QED) is 0.605. The molecule has 1 aromatic carbocycles. The molecule has 1 aromatic rings. The molecule has 0 saturated heterocycles. The van der Waals surface area contributed by atoms with E-state index in [9.17, 15) is 8.78 Å². The smallest absolute Gasteiger partial charge is 0.159 e. The number of halogens is 2. The van der Waals surface area contributed by atoms with Crippen LogP contribution >= 0.6 is 0 Å². The summed E-state index contributed by atoms with van der Waals surface area (Å²) in [5, 5.41) is 7.35. The molecule has 0 aliphatic rings. The lowest BCUT2D eigenvalue weighted by Gasteiger charge is -2.23. The number of hydrogen-bond acceptors (Lipinski definition) is 2. The molecule has 0 bridgehead atoms. The van der Waals surface area contributed by atoms with Crippen molar-refractivity contribution >= 4 is 5.84 Å². The zero-order valence-corrected chi connectivity index (χ0v) is 10.7. The number of nitrogens with two attached hydrogens (primary N) is 1. The molecular weight excluding hydrogens is 236 g/mol. The van der Waals surface area contributed by atoms with Gasteiger partial charge in [0.2, 0.25) is 0 Å². The molecule has 0 heterocycles. The highest BCUT2D eigenvalue weighted by atomic mass is 19.2. The van der Waals surface area contributed by atoms with Crippen molar-refractivity contribution in [2.45, 2.75) is 20.4 Å². The second-order valence-corrected chi connectivity index (χ2v) is 4.43. The largest absolute Gasteiger partial charge is 0.387 e. The van der Waals surface area contributed by atoms with Gasteiger partial charge in [-0.3, -0.25) is 10.3 Å². The number of rotatable bonds is 6. The minimum absolute atomic E-state index is 0.0461. The highest BCUT2D eigenvalue weighted by Gasteiger charge is 2.12. The Morgan fingerprint density at radius 2 is 2.06 bits per heavy atom. The van der Waals surface area contributed by atoms with Gasteiger partial charge in [-0.05, 0) is 24.2 Å². The second kappa shape index (κ2) is 6.44. The van der Waals surface area contributed by atoms with Gasteiger partial charge in [-0.15, -0.1) is 0 Å². The number of benzene rings is 1. The van der Waals surface area contributed by atoms with Crippen molar-refractivity contribution in [3.63, 3.8) is 0 Å². The second-order valence-electron chi connectivity index (χ2n) is 4.43. The molecule has 0 aliphatic carbocycles. The van der Waals surface area contributed by atoms with Crippen LogP contribution in [0.5, 0.6) is 0 Å². The third-order valence-electron chi connectivity index (χ3n) is 2.90. The molecule has 0 radical (unpaired) electrons. The molecule has 5 heteroatoms. The third kappa shape index (κ3) is 4.07. The Balaban J connectivity index is 2.67. The fourth-order valence-corrected chi connectivity index (χ4v) is 1.69. The van der Waals surface area contributed by atoms with Gasteiger partial charge in [0.1, 0.15) is 0 Å². The highest BCUT2D eigenvalue weighted by molar-refractivity contribution is 5.79. The maximum Gasteiger partial charge on any atom is 0.159 e. The van der Waals surface area contributed by atoms with Gasteiger partial charge in [-0.1, -0.05) is 19.9 Å². The van der Waals surface area contributed by atoms with Crippen molar-refractivity contribution < 1.29 is 8.78 Å². The minimum Gasteiger partial charge on any atom is -0.387 e. The van der Waals surface area contributed by atoms with E-state index in [0.717, 1.165) is 12.6 Å². The number of nitrogens with zero attached hydrogens (tertiary/aromatic N) is 1. The summed E-state index contributed by atoms with van der Waals surface area (Å²) in [6.07, 6.45) is 0. The average Bonchev–Trinajstić information content (AvgIpc) is 2.32. The van der Waals surface area contributed by atoms with E-state index in [1.807, 2.05) is 18.7 Å². The van der Waals surface area contributed by atoms with Crippen molar-refractivity contribution in [1.29, 1.82) is 5.41 Å². The Hall–Kier alpha value is -1.49. The first kappa shape index (κ1) is 14.6. The van der Waals surface area contributed by atoms with Crippen LogP contribution in [0.2, 0.25) is 0 Å².